The summed E-state index contributed by atoms with van der Waals surface area (Å²) in [7, 11) is 0. The fourth-order valence-corrected chi connectivity index (χ4v) is 2.72. The molecule has 4 N–H and O–H groups in total. The van der Waals surface area contributed by atoms with Gasteiger partial charge >= 0.3 is 0 Å². The molecule has 0 saturated carbocycles. The molecule has 1 aliphatic rings. The van der Waals surface area contributed by atoms with Gasteiger partial charge in [0.05, 0.1) is 5.71 Å². The minimum absolute atomic E-state index is 0.757. The van der Waals surface area contributed by atoms with Gasteiger partial charge in [-0.2, -0.15) is 0 Å². The maximum Gasteiger partial charge on any atom is 0.0574 e. The first-order chi connectivity index (χ1) is 11.7. The Labute approximate surface area is 142 Å². The van der Waals surface area contributed by atoms with Gasteiger partial charge in [0.25, 0.3) is 0 Å². The molecule has 0 spiro atoms. The molecule has 24 heavy (non-hydrogen) atoms. The van der Waals surface area contributed by atoms with Crippen LogP contribution in [0.4, 0.5) is 11.4 Å². The zero-order valence-electron chi connectivity index (χ0n) is 13.7. The number of nitrogens with two attached hydrogens (primary N) is 2. The summed E-state index contributed by atoms with van der Waals surface area (Å²) in [6.07, 6.45) is 8.31. The van der Waals surface area contributed by atoms with Crippen molar-refractivity contribution in [3.05, 3.63) is 89.5 Å². The van der Waals surface area contributed by atoms with Crippen LogP contribution in [-0.4, -0.2) is 12.3 Å². The topological polar surface area (TPSA) is 64.4 Å². The Morgan fingerprint density at radius 2 is 1.21 bits per heavy atom. The Balaban J connectivity index is 2.13. The summed E-state index contributed by atoms with van der Waals surface area (Å²) < 4.78 is 0. The molecular formula is C21H21N3. The molecule has 0 unspecified atom stereocenters. The van der Waals surface area contributed by atoms with E-state index in [2.05, 4.69) is 17.1 Å². The highest BCUT2D eigenvalue weighted by molar-refractivity contribution is 6.07. The Morgan fingerprint density at radius 1 is 0.750 bits per heavy atom. The van der Waals surface area contributed by atoms with E-state index in [0.29, 0.717) is 0 Å². The van der Waals surface area contributed by atoms with E-state index in [4.69, 9.17) is 11.5 Å². The number of benzene rings is 2. The third-order valence-corrected chi connectivity index (χ3v) is 3.90. The molecule has 3 rings (SSSR count). The summed E-state index contributed by atoms with van der Waals surface area (Å²) in [5.41, 5.74) is 18.7. The molecular weight excluding hydrogens is 294 g/mol. The number of hydrogen-bond acceptors (Lipinski definition) is 3. The number of nitrogens with zero attached hydrogens (tertiary/aromatic N) is 1. The predicted molar refractivity (Wildman–Crippen MR) is 104 cm³/mol. The second kappa shape index (κ2) is 7.01. The normalized spacial score (nSPS) is 13.2. The van der Waals surface area contributed by atoms with E-state index < -0.39 is 0 Å². The minimum Gasteiger partial charge on any atom is -0.399 e. The highest BCUT2D eigenvalue weighted by Gasteiger charge is 2.11. The number of rotatable bonds is 3. The largest absolute Gasteiger partial charge is 0.399 e. The van der Waals surface area contributed by atoms with Crippen molar-refractivity contribution in [3.8, 4) is 0 Å². The summed E-state index contributed by atoms with van der Waals surface area (Å²) >= 11 is 0. The van der Waals surface area contributed by atoms with Crippen LogP contribution in [0.5, 0.6) is 0 Å². The van der Waals surface area contributed by atoms with Crippen LogP contribution in [0.1, 0.15) is 18.1 Å². The Morgan fingerprint density at radius 3 is 1.62 bits per heavy atom. The van der Waals surface area contributed by atoms with Crippen LogP contribution >= 0.6 is 0 Å². The van der Waals surface area contributed by atoms with E-state index in [1.165, 1.54) is 0 Å². The minimum atomic E-state index is 0.757. The molecule has 3 nitrogen and oxygen atoms in total. The fraction of sp³-hybridized carbons (Fsp3) is 0.0952. The first-order valence-corrected chi connectivity index (χ1v) is 8.04. The van der Waals surface area contributed by atoms with E-state index in [9.17, 15) is 0 Å². The van der Waals surface area contributed by atoms with E-state index in [0.717, 1.165) is 45.9 Å². The molecule has 0 amide bonds. The van der Waals surface area contributed by atoms with Crippen molar-refractivity contribution >= 4 is 22.7 Å². The van der Waals surface area contributed by atoms with Crippen LogP contribution < -0.4 is 11.5 Å². The molecule has 0 radical (unpaired) electrons. The van der Waals surface area contributed by atoms with Crippen LogP contribution in [0.15, 0.2) is 83.4 Å². The van der Waals surface area contributed by atoms with E-state index in [1.54, 1.807) is 0 Å². The number of allylic oxidation sites excluding steroid dienone is 5. The van der Waals surface area contributed by atoms with E-state index in [1.807, 2.05) is 67.6 Å². The lowest BCUT2D eigenvalue weighted by Crippen LogP contribution is -1.99. The summed E-state index contributed by atoms with van der Waals surface area (Å²) in [6.45, 7) is 2.82. The Hall–Kier alpha value is -3.07. The molecule has 0 fully saturated rings. The van der Waals surface area contributed by atoms with Gasteiger partial charge in [-0.3, -0.25) is 4.99 Å². The Kier molecular flexibility index (Phi) is 4.62. The predicted octanol–water partition coefficient (Wildman–Crippen LogP) is 4.24. The SMILES string of the molecule is CCN=C1C=CC(=C(c2ccc(N)cc2)c2ccc(N)cc2)C=C1. The molecule has 2 aromatic carbocycles. The van der Waals surface area contributed by atoms with Gasteiger partial charge < -0.3 is 11.5 Å². The van der Waals surface area contributed by atoms with Gasteiger partial charge in [0.15, 0.2) is 0 Å². The molecule has 0 bridgehead atoms. The molecule has 0 saturated heterocycles. The highest BCUT2D eigenvalue weighted by Crippen LogP contribution is 2.30. The van der Waals surface area contributed by atoms with Gasteiger partial charge in [-0.05, 0) is 65.6 Å². The average Bonchev–Trinajstić information content (AvgIpc) is 2.60. The van der Waals surface area contributed by atoms with Crippen LogP contribution in [0.3, 0.4) is 0 Å². The lowest BCUT2D eigenvalue weighted by atomic mass is 9.90. The monoisotopic (exact) mass is 315 g/mol. The van der Waals surface area contributed by atoms with Crippen molar-refractivity contribution in [3.63, 3.8) is 0 Å². The molecule has 0 heterocycles. The first-order valence-electron chi connectivity index (χ1n) is 8.04. The number of hydrogen-bond donors (Lipinski definition) is 2. The van der Waals surface area contributed by atoms with Crippen molar-refractivity contribution in [2.45, 2.75) is 6.92 Å². The van der Waals surface area contributed by atoms with Crippen molar-refractivity contribution in [1.29, 1.82) is 0 Å². The highest BCUT2D eigenvalue weighted by atomic mass is 14.7. The standard InChI is InChI=1S/C21H21N3/c1-2-24-20-13-7-17(8-14-20)21(15-3-9-18(22)10-4-15)16-5-11-19(23)12-6-16/h3-14H,2,22-23H2,1H3. The van der Waals surface area contributed by atoms with Gasteiger partial charge in [0.1, 0.15) is 0 Å². The second-order valence-electron chi connectivity index (χ2n) is 5.64. The van der Waals surface area contributed by atoms with Crippen molar-refractivity contribution in [2.24, 2.45) is 4.99 Å². The van der Waals surface area contributed by atoms with Crippen molar-refractivity contribution in [1.82, 2.24) is 0 Å². The summed E-state index contributed by atoms with van der Waals surface area (Å²) in [6, 6.07) is 15.9. The van der Waals surface area contributed by atoms with Crippen LogP contribution in [0, 0.1) is 0 Å². The van der Waals surface area contributed by atoms with Gasteiger partial charge in [-0.15, -0.1) is 0 Å². The van der Waals surface area contributed by atoms with E-state index in [-0.39, 0.29) is 0 Å². The third-order valence-electron chi connectivity index (χ3n) is 3.90. The zero-order valence-corrected chi connectivity index (χ0v) is 13.7. The fourth-order valence-electron chi connectivity index (χ4n) is 2.72. The first kappa shape index (κ1) is 15.8. The second-order valence-corrected chi connectivity index (χ2v) is 5.64. The van der Waals surface area contributed by atoms with Gasteiger partial charge in [0.2, 0.25) is 0 Å². The zero-order chi connectivity index (χ0) is 16.9. The van der Waals surface area contributed by atoms with Gasteiger partial charge in [0, 0.05) is 17.9 Å². The molecule has 1 aliphatic carbocycles. The van der Waals surface area contributed by atoms with Crippen LogP contribution in [0.2, 0.25) is 0 Å². The van der Waals surface area contributed by atoms with Crippen LogP contribution in [-0.2, 0) is 0 Å². The average molecular weight is 315 g/mol. The van der Waals surface area contributed by atoms with Crippen molar-refractivity contribution in [2.75, 3.05) is 18.0 Å². The molecule has 0 atom stereocenters. The maximum atomic E-state index is 5.84. The molecule has 120 valence electrons. The molecule has 2 aromatic rings. The summed E-state index contributed by atoms with van der Waals surface area (Å²) in [5, 5.41) is 0. The Bertz CT molecular complexity index is 770. The molecule has 3 heteroatoms. The van der Waals surface area contributed by atoms with E-state index >= 15 is 0 Å². The number of nitrogen functional groups attached to an aromatic ring is 2. The van der Waals surface area contributed by atoms with Crippen molar-refractivity contribution < 1.29 is 0 Å². The summed E-state index contributed by atoms with van der Waals surface area (Å²) in [5.74, 6) is 0. The quantitative estimate of drug-likeness (QED) is 0.832. The number of aliphatic imine (C=N–C) groups is 1. The molecule has 0 aliphatic heterocycles. The van der Waals surface area contributed by atoms with Gasteiger partial charge in [-0.25, -0.2) is 0 Å². The van der Waals surface area contributed by atoms with Crippen LogP contribution in [0.25, 0.3) is 5.57 Å². The maximum absolute atomic E-state index is 5.84. The lowest BCUT2D eigenvalue weighted by molar-refractivity contribution is 1.13. The number of anilines is 2. The lowest BCUT2D eigenvalue weighted by Gasteiger charge is -2.14. The third kappa shape index (κ3) is 3.46. The smallest absolute Gasteiger partial charge is 0.0574 e. The molecule has 0 aromatic heterocycles. The van der Waals surface area contributed by atoms with Gasteiger partial charge in [-0.1, -0.05) is 36.4 Å². The summed E-state index contributed by atoms with van der Waals surface area (Å²) in [4.78, 5) is 4.43.